The Morgan fingerprint density at radius 2 is 1.85 bits per heavy atom. The predicted molar refractivity (Wildman–Crippen MR) is 119 cm³/mol. The zero-order valence-electron chi connectivity index (χ0n) is 18.7. The molecule has 0 radical (unpaired) electrons. The van der Waals surface area contributed by atoms with Crippen LogP contribution in [0.3, 0.4) is 0 Å². The van der Waals surface area contributed by atoms with Crippen molar-refractivity contribution < 1.29 is 32.4 Å². The molecule has 1 unspecified atom stereocenters. The van der Waals surface area contributed by atoms with Crippen molar-refractivity contribution in [1.82, 2.24) is 20.3 Å². The third-order valence-electron chi connectivity index (χ3n) is 6.70. The Morgan fingerprint density at radius 3 is 2.50 bits per heavy atom. The number of carbonyl (C=O) groups is 5. The number of benzene rings is 1. The molecular weight excluding hydrogens is 464 g/mol. The second-order valence-electron chi connectivity index (χ2n) is 9.08. The quantitative estimate of drug-likeness (QED) is 0.430. The number of nitrogens with one attached hydrogen (secondary N) is 3. The van der Waals surface area contributed by atoms with Gasteiger partial charge in [0.2, 0.25) is 15.9 Å². The van der Waals surface area contributed by atoms with Crippen LogP contribution in [0.4, 0.5) is 0 Å². The van der Waals surface area contributed by atoms with Crippen LogP contribution >= 0.6 is 0 Å². The highest BCUT2D eigenvalue weighted by Crippen LogP contribution is 2.34. The number of sulfonamides is 1. The van der Waals surface area contributed by atoms with Crippen LogP contribution in [0.5, 0.6) is 0 Å². The third kappa shape index (κ3) is 4.47. The molecule has 0 bridgehead atoms. The summed E-state index contributed by atoms with van der Waals surface area (Å²) in [4.78, 5) is 63.3. The van der Waals surface area contributed by atoms with Gasteiger partial charge in [-0.25, -0.2) is 13.1 Å². The average Bonchev–Trinajstić information content (AvgIpc) is 3.00. The maximum absolute atomic E-state index is 13.0. The van der Waals surface area contributed by atoms with E-state index in [0.717, 1.165) is 24.2 Å². The van der Waals surface area contributed by atoms with Crippen molar-refractivity contribution in [2.75, 3.05) is 18.8 Å². The molecule has 1 saturated heterocycles. The summed E-state index contributed by atoms with van der Waals surface area (Å²) in [5, 5.41) is 4.67. The lowest BCUT2D eigenvalue weighted by atomic mass is 9.86. The summed E-state index contributed by atoms with van der Waals surface area (Å²) in [5.74, 6) is -3.12. The molecule has 3 aliphatic rings. The van der Waals surface area contributed by atoms with Gasteiger partial charge in [0.05, 0.1) is 16.9 Å². The van der Waals surface area contributed by atoms with Crippen molar-refractivity contribution in [3.63, 3.8) is 0 Å². The van der Waals surface area contributed by atoms with E-state index < -0.39 is 45.1 Å². The van der Waals surface area contributed by atoms with E-state index in [1.165, 1.54) is 25.1 Å². The molecule has 4 rings (SSSR count). The van der Waals surface area contributed by atoms with Crippen LogP contribution in [-0.4, -0.2) is 67.2 Å². The van der Waals surface area contributed by atoms with E-state index in [0.29, 0.717) is 12.5 Å². The van der Waals surface area contributed by atoms with E-state index in [9.17, 15) is 32.4 Å². The van der Waals surface area contributed by atoms with Crippen LogP contribution in [0.2, 0.25) is 0 Å². The third-order valence-corrected chi connectivity index (χ3v) is 8.04. The van der Waals surface area contributed by atoms with Gasteiger partial charge >= 0.3 is 0 Å². The molecule has 5 amide bonds. The lowest BCUT2D eigenvalue weighted by Crippen LogP contribution is -2.62. The Bertz CT molecular complexity index is 1190. The first-order chi connectivity index (χ1) is 16.0. The smallest absolute Gasteiger partial charge is 0.262 e. The van der Waals surface area contributed by atoms with E-state index in [-0.39, 0.29) is 41.8 Å². The SMILES string of the molecule is CC1(N2C(=O)c3ccc(C(=O)NCCS(=O)(=O)NCC4CCC4)cc3C2=O)CCC(=O)NC1=O. The van der Waals surface area contributed by atoms with E-state index in [1.54, 1.807) is 0 Å². The summed E-state index contributed by atoms with van der Waals surface area (Å²) in [6, 6.07) is 3.94. The fraction of sp³-hybridized carbons (Fsp3) is 0.500. The second kappa shape index (κ2) is 8.91. The molecule has 1 atom stereocenters. The van der Waals surface area contributed by atoms with E-state index in [4.69, 9.17) is 0 Å². The van der Waals surface area contributed by atoms with Gasteiger partial charge in [-0.1, -0.05) is 6.42 Å². The normalized spacial score (nSPS) is 22.9. The summed E-state index contributed by atoms with van der Waals surface area (Å²) in [7, 11) is -3.52. The molecule has 1 aromatic carbocycles. The van der Waals surface area contributed by atoms with Gasteiger partial charge in [0.1, 0.15) is 5.54 Å². The molecule has 1 saturated carbocycles. The average molecular weight is 491 g/mol. The highest BCUT2D eigenvalue weighted by atomic mass is 32.2. The van der Waals surface area contributed by atoms with Crippen LogP contribution in [0.1, 0.15) is 70.1 Å². The van der Waals surface area contributed by atoms with Crippen molar-refractivity contribution in [1.29, 1.82) is 0 Å². The molecule has 3 N–H and O–H groups in total. The van der Waals surface area contributed by atoms with E-state index in [2.05, 4.69) is 15.4 Å². The van der Waals surface area contributed by atoms with Crippen LogP contribution < -0.4 is 15.4 Å². The van der Waals surface area contributed by atoms with Crippen LogP contribution in [0, 0.1) is 5.92 Å². The fourth-order valence-corrected chi connectivity index (χ4v) is 5.26. The van der Waals surface area contributed by atoms with Gasteiger partial charge in [0, 0.05) is 25.1 Å². The van der Waals surface area contributed by atoms with Crippen molar-refractivity contribution in [2.45, 2.75) is 44.6 Å². The number of amides is 5. The molecule has 34 heavy (non-hydrogen) atoms. The molecule has 12 heteroatoms. The summed E-state index contributed by atoms with van der Waals surface area (Å²) in [6.45, 7) is 1.70. The Morgan fingerprint density at radius 1 is 1.15 bits per heavy atom. The molecule has 1 aliphatic carbocycles. The lowest BCUT2D eigenvalue weighted by molar-refractivity contribution is -0.140. The molecule has 0 aromatic heterocycles. The summed E-state index contributed by atoms with van der Waals surface area (Å²) in [6.07, 6.45) is 3.12. The zero-order valence-corrected chi connectivity index (χ0v) is 19.5. The van der Waals surface area contributed by atoms with Gasteiger partial charge < -0.3 is 5.32 Å². The molecule has 2 aliphatic heterocycles. The first-order valence-electron chi connectivity index (χ1n) is 11.1. The number of piperidine rings is 1. The summed E-state index contributed by atoms with van der Waals surface area (Å²) in [5.41, 5.74) is -1.42. The first-order valence-corrected chi connectivity index (χ1v) is 12.8. The maximum Gasteiger partial charge on any atom is 0.262 e. The molecule has 182 valence electrons. The van der Waals surface area contributed by atoms with Gasteiger partial charge in [0.15, 0.2) is 0 Å². The maximum atomic E-state index is 13.0. The van der Waals surface area contributed by atoms with Crippen molar-refractivity contribution in [3.05, 3.63) is 34.9 Å². The van der Waals surface area contributed by atoms with Crippen molar-refractivity contribution in [2.24, 2.45) is 5.92 Å². The highest BCUT2D eigenvalue weighted by Gasteiger charge is 2.52. The lowest BCUT2D eigenvalue weighted by Gasteiger charge is -2.38. The fourth-order valence-electron chi connectivity index (χ4n) is 4.25. The molecule has 0 spiro atoms. The number of rotatable bonds is 8. The standard InChI is InChI=1S/C22H26N4O7S/c1-22(8-7-17(27)25-21(22)31)26-19(29)15-6-5-14(11-16(15)20(26)30)18(28)23-9-10-34(32,33)24-12-13-3-2-4-13/h5-6,11,13,24H,2-4,7-10,12H2,1H3,(H,23,28)(H,25,27,31). The largest absolute Gasteiger partial charge is 0.351 e. The zero-order chi connectivity index (χ0) is 24.7. The number of carbonyl (C=O) groups excluding carboxylic acids is 5. The number of nitrogens with zero attached hydrogens (tertiary/aromatic N) is 1. The number of hydrogen-bond donors (Lipinski definition) is 3. The van der Waals surface area contributed by atoms with Crippen LogP contribution in [0.25, 0.3) is 0 Å². The van der Waals surface area contributed by atoms with Gasteiger partial charge in [0.25, 0.3) is 23.6 Å². The number of imide groups is 2. The summed E-state index contributed by atoms with van der Waals surface area (Å²) < 4.78 is 26.7. The Hall–Kier alpha value is -3.12. The minimum atomic E-state index is -3.52. The number of fused-ring (bicyclic) bond motifs is 1. The predicted octanol–water partition coefficient (Wildman–Crippen LogP) is -0.0728. The minimum Gasteiger partial charge on any atom is -0.351 e. The van der Waals surface area contributed by atoms with Crippen LogP contribution in [-0.2, 0) is 19.6 Å². The van der Waals surface area contributed by atoms with Crippen LogP contribution in [0.15, 0.2) is 18.2 Å². The van der Waals surface area contributed by atoms with Crippen molar-refractivity contribution >= 4 is 39.6 Å². The first kappa shape index (κ1) is 24.0. The Balaban J connectivity index is 1.41. The highest BCUT2D eigenvalue weighted by molar-refractivity contribution is 7.89. The minimum absolute atomic E-state index is 0.000263. The topological polar surface area (TPSA) is 159 Å². The van der Waals surface area contributed by atoms with Gasteiger partial charge in [-0.15, -0.1) is 0 Å². The Kier molecular flexibility index (Phi) is 6.30. The molecular formula is C22H26N4O7S. The Labute approximate surface area is 196 Å². The van der Waals surface area contributed by atoms with Gasteiger partial charge in [-0.05, 0) is 50.3 Å². The monoisotopic (exact) mass is 490 g/mol. The van der Waals surface area contributed by atoms with E-state index >= 15 is 0 Å². The van der Waals surface area contributed by atoms with Gasteiger partial charge in [-0.3, -0.25) is 34.2 Å². The van der Waals surface area contributed by atoms with E-state index in [1.807, 2.05) is 0 Å². The molecule has 11 nitrogen and oxygen atoms in total. The van der Waals surface area contributed by atoms with Gasteiger partial charge in [-0.2, -0.15) is 0 Å². The molecule has 2 heterocycles. The van der Waals surface area contributed by atoms with Crippen molar-refractivity contribution in [3.8, 4) is 0 Å². The second-order valence-corrected chi connectivity index (χ2v) is 11.0. The molecule has 1 aromatic rings. The molecule has 2 fully saturated rings. The summed E-state index contributed by atoms with van der Waals surface area (Å²) >= 11 is 0. The number of hydrogen-bond acceptors (Lipinski definition) is 7.